The number of hydrogen-bond acceptors (Lipinski definition) is 9. The highest BCUT2D eigenvalue weighted by Crippen LogP contribution is 2.16. The third kappa shape index (κ3) is 7.29. The zero-order valence-corrected chi connectivity index (χ0v) is 22.9. The second-order valence-corrected chi connectivity index (χ2v) is 13.6. The van der Waals surface area contributed by atoms with Crippen molar-refractivity contribution in [1.29, 1.82) is 0 Å². The average Bonchev–Trinajstić information content (AvgIpc) is 2.84. The molecule has 0 saturated carbocycles. The van der Waals surface area contributed by atoms with Crippen LogP contribution in [0.3, 0.4) is 0 Å². The summed E-state index contributed by atoms with van der Waals surface area (Å²) in [6.07, 6.45) is 2.28. The van der Waals surface area contributed by atoms with E-state index in [9.17, 15) is 14.4 Å². The summed E-state index contributed by atoms with van der Waals surface area (Å²) in [7, 11) is 3.34. The number of aromatic nitrogens is 3. The second-order valence-electron chi connectivity index (χ2n) is 7.45. The van der Waals surface area contributed by atoms with Crippen LogP contribution < -0.4 is 17.1 Å². The number of nitrogens with zero attached hydrogens (tertiary/aromatic N) is 3. The van der Waals surface area contributed by atoms with E-state index in [0.717, 1.165) is 20.1 Å². The second kappa shape index (κ2) is 14.1. The predicted molar refractivity (Wildman–Crippen MR) is 127 cm³/mol. The van der Waals surface area contributed by atoms with Crippen LogP contribution in [0.1, 0.15) is 32.6 Å². The molecule has 0 radical (unpaired) electrons. The van der Waals surface area contributed by atoms with E-state index in [0.29, 0.717) is 31.4 Å². The quantitative estimate of drug-likeness (QED) is 0.276. The first-order valence-electron chi connectivity index (χ1n) is 11.0. The summed E-state index contributed by atoms with van der Waals surface area (Å²) in [5.41, 5.74) is -1.86. The Kier molecular flexibility index (Phi) is 12.7. The Morgan fingerprint density at radius 2 is 0.818 bits per heavy atom. The van der Waals surface area contributed by atoms with E-state index in [1.54, 1.807) is 0 Å². The SMILES string of the molecule is CCCCn1c(=O)n(CCC[Si](OC)(OC)OC)c(=O)n(CCC[Si](OC)(OC)OC)c1=O. The molecule has 0 aliphatic heterocycles. The summed E-state index contributed by atoms with van der Waals surface area (Å²) in [5, 5.41) is 0. The van der Waals surface area contributed by atoms with E-state index in [4.69, 9.17) is 26.6 Å². The molecule has 0 aliphatic rings. The topological polar surface area (TPSA) is 121 Å². The molecule has 0 fully saturated rings. The Morgan fingerprint density at radius 1 is 0.545 bits per heavy atom. The van der Waals surface area contributed by atoms with Gasteiger partial charge >= 0.3 is 34.7 Å². The molecule has 0 aliphatic carbocycles. The number of hydrogen-bond donors (Lipinski definition) is 0. The average molecular weight is 510 g/mol. The molecule has 0 saturated heterocycles. The van der Waals surface area contributed by atoms with Crippen LogP contribution in [0.2, 0.25) is 12.1 Å². The lowest BCUT2D eigenvalue weighted by molar-refractivity contribution is 0.122. The molecule has 0 unspecified atom stereocenters. The molecule has 0 spiro atoms. The van der Waals surface area contributed by atoms with Crippen molar-refractivity contribution in [2.24, 2.45) is 0 Å². The van der Waals surface area contributed by atoms with Crippen LogP contribution >= 0.6 is 0 Å². The Balaban J connectivity index is 3.25. The Hall–Kier alpha value is -1.40. The third-order valence-electron chi connectivity index (χ3n) is 5.72. The first kappa shape index (κ1) is 29.6. The molecule has 1 aromatic heterocycles. The van der Waals surface area contributed by atoms with Crippen LogP contribution in [0.25, 0.3) is 0 Å². The van der Waals surface area contributed by atoms with Crippen LogP contribution in [0.4, 0.5) is 0 Å². The Bertz CT molecular complexity index is 811. The molecule has 0 amide bonds. The highest BCUT2D eigenvalue weighted by molar-refractivity contribution is 6.60. The summed E-state index contributed by atoms with van der Waals surface area (Å²) in [5.74, 6) is 0. The molecule has 12 nitrogen and oxygen atoms in total. The lowest BCUT2D eigenvalue weighted by Gasteiger charge is -2.24. The van der Waals surface area contributed by atoms with Gasteiger partial charge in [0.05, 0.1) is 0 Å². The van der Waals surface area contributed by atoms with Gasteiger partial charge in [0.2, 0.25) is 0 Å². The van der Waals surface area contributed by atoms with E-state index in [-0.39, 0.29) is 19.6 Å². The van der Waals surface area contributed by atoms with Gasteiger partial charge in [-0.15, -0.1) is 0 Å². The van der Waals surface area contributed by atoms with Gasteiger partial charge in [-0.25, -0.2) is 28.1 Å². The van der Waals surface area contributed by atoms with Gasteiger partial charge in [0.1, 0.15) is 0 Å². The maximum atomic E-state index is 13.1. The minimum Gasteiger partial charge on any atom is -0.377 e. The largest absolute Gasteiger partial charge is 0.500 e. The van der Waals surface area contributed by atoms with Gasteiger partial charge in [-0.2, -0.15) is 0 Å². The lowest BCUT2D eigenvalue weighted by atomic mass is 10.3. The molecular weight excluding hydrogens is 470 g/mol. The highest BCUT2D eigenvalue weighted by atomic mass is 28.4. The minimum absolute atomic E-state index is 0.113. The van der Waals surface area contributed by atoms with Crippen molar-refractivity contribution in [3.63, 3.8) is 0 Å². The zero-order chi connectivity index (χ0) is 25.1. The molecule has 1 rings (SSSR count). The minimum atomic E-state index is -2.85. The van der Waals surface area contributed by atoms with Crippen LogP contribution in [-0.4, -0.2) is 74.0 Å². The summed E-state index contributed by atoms with van der Waals surface area (Å²) < 4.78 is 35.8. The molecule has 0 aromatic carbocycles. The van der Waals surface area contributed by atoms with Crippen molar-refractivity contribution in [3.8, 4) is 0 Å². The molecule has 1 aromatic rings. The Labute approximate surface area is 196 Å². The van der Waals surface area contributed by atoms with Crippen molar-refractivity contribution in [2.75, 3.05) is 42.7 Å². The fourth-order valence-electron chi connectivity index (χ4n) is 3.59. The van der Waals surface area contributed by atoms with E-state index in [1.165, 1.54) is 42.7 Å². The lowest BCUT2D eigenvalue weighted by Crippen LogP contribution is -2.55. The zero-order valence-electron chi connectivity index (χ0n) is 20.9. The van der Waals surface area contributed by atoms with Crippen molar-refractivity contribution in [1.82, 2.24) is 13.7 Å². The number of unbranched alkanes of at least 4 members (excludes halogenated alkanes) is 1. The summed E-state index contributed by atoms with van der Waals surface area (Å²) in [4.78, 5) is 39.1. The van der Waals surface area contributed by atoms with Gasteiger partial charge in [-0.05, 0) is 19.3 Å². The summed E-state index contributed by atoms with van der Waals surface area (Å²) in [6.45, 7) is 2.44. The van der Waals surface area contributed by atoms with Crippen molar-refractivity contribution >= 4 is 17.6 Å². The molecular formula is C19H39N3O9Si2. The molecule has 192 valence electrons. The molecule has 0 N–H and O–H groups in total. The maximum absolute atomic E-state index is 13.1. The van der Waals surface area contributed by atoms with E-state index in [2.05, 4.69) is 0 Å². The van der Waals surface area contributed by atoms with Gasteiger partial charge in [0.15, 0.2) is 0 Å². The Morgan fingerprint density at radius 3 is 1.06 bits per heavy atom. The van der Waals surface area contributed by atoms with Crippen LogP contribution in [0, 0.1) is 0 Å². The number of rotatable bonds is 17. The van der Waals surface area contributed by atoms with Gasteiger partial charge in [-0.1, -0.05) is 13.3 Å². The van der Waals surface area contributed by atoms with Crippen LogP contribution in [-0.2, 0) is 46.2 Å². The van der Waals surface area contributed by atoms with Crippen molar-refractivity contribution in [2.45, 2.75) is 64.3 Å². The maximum Gasteiger partial charge on any atom is 0.500 e. The van der Waals surface area contributed by atoms with E-state index >= 15 is 0 Å². The van der Waals surface area contributed by atoms with Gasteiger partial charge in [0, 0.05) is 74.4 Å². The molecule has 33 heavy (non-hydrogen) atoms. The molecule has 0 bridgehead atoms. The van der Waals surface area contributed by atoms with Crippen molar-refractivity contribution < 1.29 is 26.6 Å². The van der Waals surface area contributed by atoms with Crippen LogP contribution in [0.5, 0.6) is 0 Å². The fraction of sp³-hybridized carbons (Fsp3) is 0.842. The monoisotopic (exact) mass is 509 g/mol. The third-order valence-corrected chi connectivity index (χ3v) is 11.4. The first-order chi connectivity index (χ1) is 15.7. The van der Waals surface area contributed by atoms with Gasteiger partial charge in [-0.3, -0.25) is 0 Å². The molecule has 14 heteroatoms. The van der Waals surface area contributed by atoms with Crippen LogP contribution in [0.15, 0.2) is 14.4 Å². The normalized spacial score (nSPS) is 12.5. The predicted octanol–water partition coefficient (Wildman–Crippen LogP) is 0.508. The van der Waals surface area contributed by atoms with Gasteiger partial charge < -0.3 is 26.6 Å². The van der Waals surface area contributed by atoms with E-state index < -0.39 is 34.7 Å². The van der Waals surface area contributed by atoms with E-state index in [1.807, 2.05) is 6.92 Å². The summed E-state index contributed by atoms with van der Waals surface area (Å²) in [6, 6.07) is 0.834. The first-order valence-corrected chi connectivity index (χ1v) is 14.9. The van der Waals surface area contributed by atoms with Crippen molar-refractivity contribution in [3.05, 3.63) is 31.5 Å². The van der Waals surface area contributed by atoms with Gasteiger partial charge in [0.25, 0.3) is 0 Å². The standard InChI is InChI=1S/C19H39N3O9Si2/c1-8-9-12-20-17(23)21(13-10-15-32(26-2,27-3)28-4)19(25)22(18(20)24)14-11-16-33(29-5,30-6)31-7/h8-16H2,1-7H3. The highest BCUT2D eigenvalue weighted by Gasteiger charge is 2.38. The fourth-order valence-corrected chi connectivity index (χ4v) is 7.00. The summed E-state index contributed by atoms with van der Waals surface area (Å²) >= 11 is 0. The molecule has 1 heterocycles. The smallest absolute Gasteiger partial charge is 0.377 e. The molecule has 0 atom stereocenters.